The summed E-state index contributed by atoms with van der Waals surface area (Å²) in [6.07, 6.45) is 1.34. The molecule has 1 aromatic carbocycles. The van der Waals surface area contributed by atoms with E-state index in [1.807, 2.05) is 13.8 Å². The van der Waals surface area contributed by atoms with E-state index in [2.05, 4.69) is 0 Å². The second-order valence-electron chi connectivity index (χ2n) is 3.75. The molecule has 0 aromatic heterocycles. The number of rotatable bonds is 2. The number of hydrogen-bond acceptors (Lipinski definition) is 1. The maximum Gasteiger partial charge on any atom is 0.186 e. The van der Waals surface area contributed by atoms with Crippen LogP contribution in [0.5, 0.6) is 5.75 Å². The van der Waals surface area contributed by atoms with Crippen LogP contribution in [0, 0.1) is 0 Å². The van der Waals surface area contributed by atoms with Gasteiger partial charge in [-0.3, -0.25) is 0 Å². The van der Waals surface area contributed by atoms with Gasteiger partial charge < -0.3 is 5.11 Å². The molecule has 0 saturated carbocycles. The van der Waals surface area contributed by atoms with Crippen LogP contribution in [-0.4, -0.2) is 18.5 Å². The van der Waals surface area contributed by atoms with Crippen molar-refractivity contribution in [1.82, 2.24) is 0 Å². The first-order chi connectivity index (χ1) is 6.32. The standard InChI is InChI=1S/C10H14BFOS/c1-7(2)9-5-4-8(6-10(9)13)14(3,11)12/h4-7,13H,1-3H3. The van der Waals surface area contributed by atoms with Crippen molar-refractivity contribution < 1.29 is 8.99 Å². The Morgan fingerprint density at radius 1 is 1.43 bits per heavy atom. The van der Waals surface area contributed by atoms with Crippen molar-refractivity contribution in [2.24, 2.45) is 0 Å². The average molecular weight is 212 g/mol. The Kier molecular flexibility index (Phi) is 3.15. The lowest BCUT2D eigenvalue weighted by Crippen LogP contribution is -1.93. The fourth-order valence-corrected chi connectivity index (χ4v) is 1.94. The Balaban J connectivity index is 3.13. The Morgan fingerprint density at radius 2 is 2.00 bits per heavy atom. The van der Waals surface area contributed by atoms with E-state index >= 15 is 0 Å². The minimum atomic E-state index is -2.73. The lowest BCUT2D eigenvalue weighted by molar-refractivity contribution is 0.463. The Morgan fingerprint density at radius 3 is 2.36 bits per heavy atom. The van der Waals surface area contributed by atoms with Gasteiger partial charge in [0.2, 0.25) is 0 Å². The van der Waals surface area contributed by atoms with Crippen molar-refractivity contribution in [3.8, 4) is 5.75 Å². The molecule has 0 aliphatic carbocycles. The van der Waals surface area contributed by atoms with E-state index in [1.54, 1.807) is 12.1 Å². The molecule has 0 spiro atoms. The summed E-state index contributed by atoms with van der Waals surface area (Å²) in [5.41, 5.74) is 0.817. The number of phenols is 1. The van der Waals surface area contributed by atoms with Crippen LogP contribution in [0.4, 0.5) is 3.89 Å². The van der Waals surface area contributed by atoms with Gasteiger partial charge in [0.1, 0.15) is 5.75 Å². The molecule has 4 heteroatoms. The van der Waals surface area contributed by atoms with Crippen molar-refractivity contribution in [3.05, 3.63) is 23.8 Å². The topological polar surface area (TPSA) is 20.2 Å². The highest BCUT2D eigenvalue weighted by Crippen LogP contribution is 2.50. The Bertz CT molecular complexity index is 333. The maximum atomic E-state index is 13.4. The molecule has 76 valence electrons. The van der Waals surface area contributed by atoms with Crippen LogP contribution in [0.25, 0.3) is 0 Å². The third-order valence-corrected chi connectivity index (χ3v) is 3.26. The summed E-state index contributed by atoms with van der Waals surface area (Å²) in [6.45, 7) is 3.94. The number of phenolic OH excluding ortho intramolecular Hbond substituents is 1. The second-order valence-corrected chi connectivity index (χ2v) is 5.98. The highest BCUT2D eigenvalue weighted by molar-refractivity contribution is 8.45. The van der Waals surface area contributed by atoms with E-state index in [0.717, 1.165) is 5.56 Å². The van der Waals surface area contributed by atoms with Gasteiger partial charge in [0.15, 0.2) is 7.12 Å². The van der Waals surface area contributed by atoms with Crippen molar-refractivity contribution in [3.63, 3.8) is 0 Å². The fraction of sp³-hybridized carbons (Fsp3) is 0.400. The highest BCUT2D eigenvalue weighted by atomic mass is 32.3. The van der Waals surface area contributed by atoms with Crippen molar-refractivity contribution >= 4 is 17.4 Å². The number of hydrogen-bond donors (Lipinski definition) is 1. The number of halogens is 1. The zero-order valence-corrected chi connectivity index (χ0v) is 9.44. The van der Waals surface area contributed by atoms with Gasteiger partial charge in [-0.15, -0.1) is 10.3 Å². The van der Waals surface area contributed by atoms with Crippen LogP contribution in [0.2, 0.25) is 0 Å². The highest BCUT2D eigenvalue weighted by Gasteiger charge is 2.15. The zero-order valence-electron chi connectivity index (χ0n) is 8.62. The smallest absolute Gasteiger partial charge is 0.186 e. The molecule has 1 unspecified atom stereocenters. The lowest BCUT2D eigenvalue weighted by Gasteiger charge is -2.22. The average Bonchev–Trinajstić information content (AvgIpc) is 2.01. The van der Waals surface area contributed by atoms with Crippen LogP contribution in [-0.2, 0) is 0 Å². The lowest BCUT2D eigenvalue weighted by atomic mass is 10.0. The van der Waals surface area contributed by atoms with Gasteiger partial charge in [-0.25, -0.2) is 0 Å². The first-order valence-corrected chi connectivity index (χ1v) is 6.41. The monoisotopic (exact) mass is 212 g/mol. The van der Waals surface area contributed by atoms with E-state index < -0.39 is 10.3 Å². The van der Waals surface area contributed by atoms with Crippen LogP contribution in [0.3, 0.4) is 0 Å². The summed E-state index contributed by atoms with van der Waals surface area (Å²) < 4.78 is 13.4. The Hall–Kier alpha value is -0.635. The van der Waals surface area contributed by atoms with E-state index in [9.17, 15) is 8.99 Å². The van der Waals surface area contributed by atoms with Gasteiger partial charge in [0.25, 0.3) is 0 Å². The minimum absolute atomic E-state index is 0.124. The van der Waals surface area contributed by atoms with Gasteiger partial charge in [0, 0.05) is 4.90 Å². The summed E-state index contributed by atoms with van der Waals surface area (Å²) in [4.78, 5) is 0.374. The molecule has 14 heavy (non-hydrogen) atoms. The normalized spacial score (nSPS) is 17.8. The molecular formula is C10H14BFOS. The molecule has 1 rings (SSSR count). The first kappa shape index (κ1) is 11.4. The molecule has 1 atom stereocenters. The number of aromatic hydroxyl groups is 1. The molecule has 0 aliphatic rings. The molecule has 1 N–H and O–H groups in total. The number of benzene rings is 1. The van der Waals surface area contributed by atoms with Crippen molar-refractivity contribution in [2.45, 2.75) is 24.7 Å². The summed E-state index contributed by atoms with van der Waals surface area (Å²) in [6, 6.07) is 4.79. The SMILES string of the molecule is [B]S(C)(F)c1ccc(C(C)C)c(O)c1. The van der Waals surface area contributed by atoms with E-state index in [-0.39, 0.29) is 11.7 Å². The summed E-state index contributed by atoms with van der Waals surface area (Å²) in [7, 11) is 2.63. The van der Waals surface area contributed by atoms with Crippen molar-refractivity contribution in [1.29, 1.82) is 0 Å². The van der Waals surface area contributed by atoms with Crippen LogP contribution in [0.1, 0.15) is 25.3 Å². The summed E-state index contributed by atoms with van der Waals surface area (Å²) in [5, 5.41) is 9.62. The van der Waals surface area contributed by atoms with E-state index in [0.29, 0.717) is 4.90 Å². The van der Waals surface area contributed by atoms with Crippen LogP contribution in [0.15, 0.2) is 23.1 Å². The molecule has 1 nitrogen and oxygen atoms in total. The third-order valence-electron chi connectivity index (χ3n) is 2.08. The predicted octanol–water partition coefficient (Wildman–Crippen LogP) is 3.28. The Labute approximate surface area is 87.3 Å². The quantitative estimate of drug-likeness (QED) is 0.746. The van der Waals surface area contributed by atoms with Gasteiger partial charge >= 0.3 is 0 Å². The van der Waals surface area contributed by atoms with Gasteiger partial charge in [-0.2, -0.15) is 3.89 Å². The van der Waals surface area contributed by atoms with E-state index in [1.165, 1.54) is 12.3 Å². The van der Waals surface area contributed by atoms with Gasteiger partial charge in [0.05, 0.1) is 0 Å². The predicted molar refractivity (Wildman–Crippen MR) is 60.8 cm³/mol. The zero-order chi connectivity index (χ0) is 10.9. The minimum Gasteiger partial charge on any atom is -0.508 e. The van der Waals surface area contributed by atoms with Crippen LogP contribution >= 0.6 is 10.3 Å². The molecule has 0 heterocycles. The molecule has 0 aliphatic heterocycles. The molecule has 2 radical (unpaired) electrons. The maximum absolute atomic E-state index is 13.4. The van der Waals surface area contributed by atoms with Gasteiger partial charge in [-0.05, 0) is 29.9 Å². The second kappa shape index (κ2) is 3.85. The van der Waals surface area contributed by atoms with Crippen molar-refractivity contribution in [2.75, 3.05) is 6.26 Å². The molecule has 0 saturated heterocycles. The summed E-state index contributed by atoms with van der Waals surface area (Å²) >= 11 is 0. The largest absolute Gasteiger partial charge is 0.508 e. The molecule has 0 fully saturated rings. The van der Waals surface area contributed by atoms with E-state index in [4.69, 9.17) is 7.12 Å². The molecular weight excluding hydrogens is 198 g/mol. The first-order valence-electron chi connectivity index (χ1n) is 4.41. The molecule has 1 aromatic rings. The molecule has 0 amide bonds. The van der Waals surface area contributed by atoms with Gasteiger partial charge in [-0.1, -0.05) is 19.9 Å². The third kappa shape index (κ3) is 2.44. The fourth-order valence-electron chi connectivity index (χ4n) is 1.26. The summed E-state index contributed by atoms with van der Waals surface area (Å²) in [5.74, 6) is 0.349. The van der Waals surface area contributed by atoms with Crippen LogP contribution < -0.4 is 0 Å². The molecule has 0 bridgehead atoms.